The van der Waals surface area contributed by atoms with Gasteiger partial charge in [0.2, 0.25) is 5.91 Å². The van der Waals surface area contributed by atoms with Crippen molar-refractivity contribution in [1.82, 2.24) is 9.47 Å². The summed E-state index contributed by atoms with van der Waals surface area (Å²) < 4.78 is 42.6. The number of halogens is 3. The summed E-state index contributed by atoms with van der Waals surface area (Å²) in [5, 5.41) is 2.37. The number of hydrogen-bond acceptors (Lipinski definition) is 2. The van der Waals surface area contributed by atoms with E-state index in [9.17, 15) is 22.8 Å². The average Bonchev–Trinajstić information content (AvgIpc) is 3.41. The lowest BCUT2D eigenvalue weighted by Gasteiger charge is -2.40. The Morgan fingerprint density at radius 2 is 1.51 bits per heavy atom. The lowest BCUT2D eigenvalue weighted by Crippen LogP contribution is -2.49. The number of carbonyl (C=O) groups is 2. The van der Waals surface area contributed by atoms with E-state index in [0.29, 0.717) is 5.69 Å². The summed E-state index contributed by atoms with van der Waals surface area (Å²) in [4.78, 5) is 30.3. The van der Waals surface area contributed by atoms with Gasteiger partial charge in [0.05, 0.1) is 28.3 Å². The van der Waals surface area contributed by atoms with Gasteiger partial charge in [-0.15, -0.1) is 0 Å². The molecule has 1 N–H and O–H groups in total. The van der Waals surface area contributed by atoms with Crippen LogP contribution in [0.15, 0.2) is 97.2 Å². The fourth-order valence-electron chi connectivity index (χ4n) is 4.95. The van der Waals surface area contributed by atoms with Gasteiger partial charge in [0, 0.05) is 12.2 Å². The van der Waals surface area contributed by atoms with Gasteiger partial charge >= 0.3 is 12.2 Å². The topological polar surface area (TPSA) is 57.6 Å². The summed E-state index contributed by atoms with van der Waals surface area (Å²) in [6, 6.07) is 24.0. The number of para-hydroxylation sites is 3. The molecule has 0 fully saturated rings. The lowest BCUT2D eigenvalue weighted by atomic mass is 9.97. The number of benzene rings is 3. The molecule has 0 saturated heterocycles. The van der Waals surface area contributed by atoms with Crippen molar-refractivity contribution in [3.8, 4) is 5.69 Å². The number of anilines is 2. The number of carbonyl (C=O) groups excluding carboxylic acids is 2. The summed E-state index contributed by atoms with van der Waals surface area (Å²) in [5.74, 6) is -0.364. The Morgan fingerprint density at radius 1 is 0.872 bits per heavy atom. The molecule has 1 atom stereocenters. The van der Waals surface area contributed by atoms with E-state index in [1.54, 1.807) is 18.7 Å². The minimum absolute atomic E-state index is 0.337. The fraction of sp³-hybridized carbons (Fsp3) is 0.200. The second-order valence-electron chi connectivity index (χ2n) is 9.56. The Kier molecular flexibility index (Phi) is 6.91. The van der Waals surface area contributed by atoms with Crippen LogP contribution in [-0.2, 0) is 11.0 Å². The third kappa shape index (κ3) is 4.99. The Balaban J connectivity index is 1.50. The molecular formula is C30H27F3N4O2. The largest absolute Gasteiger partial charge is 0.418 e. The third-order valence-electron chi connectivity index (χ3n) is 6.77. The summed E-state index contributed by atoms with van der Waals surface area (Å²) in [6.45, 7) is 3.09. The zero-order valence-corrected chi connectivity index (χ0v) is 21.4. The van der Waals surface area contributed by atoms with Crippen molar-refractivity contribution >= 4 is 23.3 Å². The van der Waals surface area contributed by atoms with E-state index in [4.69, 9.17) is 0 Å². The maximum absolute atomic E-state index is 14.1. The first-order chi connectivity index (χ1) is 18.7. The van der Waals surface area contributed by atoms with Crippen molar-refractivity contribution in [3.05, 3.63) is 114 Å². The quantitative estimate of drug-likeness (QED) is 0.305. The molecule has 4 aromatic rings. The first-order valence-corrected chi connectivity index (χ1v) is 12.5. The van der Waals surface area contributed by atoms with Crippen LogP contribution in [0.25, 0.3) is 5.69 Å². The number of amides is 3. The number of rotatable bonds is 5. The van der Waals surface area contributed by atoms with E-state index in [0.717, 1.165) is 23.0 Å². The van der Waals surface area contributed by atoms with Crippen molar-refractivity contribution < 1.29 is 22.8 Å². The lowest BCUT2D eigenvalue weighted by molar-refractivity contribution is -0.137. The van der Waals surface area contributed by atoms with Crippen LogP contribution in [0, 0.1) is 0 Å². The predicted molar refractivity (Wildman–Crippen MR) is 144 cm³/mol. The molecule has 1 aliphatic rings. The zero-order valence-electron chi connectivity index (χ0n) is 21.4. The molecule has 0 saturated carbocycles. The molecule has 1 aliphatic heterocycles. The third-order valence-corrected chi connectivity index (χ3v) is 6.77. The number of nitrogens with zero attached hydrogens (tertiary/aromatic N) is 3. The number of nitrogens with one attached hydrogen (secondary N) is 1. The SMILES string of the molecule is CC(C)N(CC(=O)N1c2ccccc2-n2cccc2[C@H]1c1ccccc1)C(=O)Nc1ccccc1C(F)(F)F. The van der Waals surface area contributed by atoms with Crippen LogP contribution in [-0.4, -0.2) is 34.0 Å². The van der Waals surface area contributed by atoms with Crippen molar-refractivity contribution in [2.24, 2.45) is 0 Å². The molecule has 0 unspecified atom stereocenters. The molecule has 0 aliphatic carbocycles. The zero-order chi connectivity index (χ0) is 27.7. The van der Waals surface area contributed by atoms with Gasteiger partial charge in [-0.2, -0.15) is 13.2 Å². The van der Waals surface area contributed by atoms with Gasteiger partial charge in [0.1, 0.15) is 12.6 Å². The molecule has 1 aromatic heterocycles. The van der Waals surface area contributed by atoms with Crippen LogP contribution in [0.4, 0.5) is 29.3 Å². The van der Waals surface area contributed by atoms with Crippen LogP contribution < -0.4 is 10.2 Å². The van der Waals surface area contributed by atoms with E-state index in [-0.39, 0.29) is 18.1 Å². The summed E-state index contributed by atoms with van der Waals surface area (Å²) in [5.41, 5.74) is 1.94. The maximum Gasteiger partial charge on any atom is 0.418 e. The van der Waals surface area contributed by atoms with Gasteiger partial charge in [-0.25, -0.2) is 4.79 Å². The Labute approximate surface area is 224 Å². The number of fused-ring (bicyclic) bond motifs is 3. The monoisotopic (exact) mass is 532 g/mol. The number of aromatic nitrogens is 1. The average molecular weight is 533 g/mol. The highest BCUT2D eigenvalue weighted by Gasteiger charge is 2.38. The van der Waals surface area contributed by atoms with Gasteiger partial charge in [-0.05, 0) is 55.8 Å². The molecule has 200 valence electrons. The number of hydrogen-bond donors (Lipinski definition) is 1. The van der Waals surface area contributed by atoms with Crippen molar-refractivity contribution in [1.29, 1.82) is 0 Å². The summed E-state index contributed by atoms with van der Waals surface area (Å²) in [7, 11) is 0. The molecular weight excluding hydrogens is 505 g/mol. The molecule has 0 bridgehead atoms. The number of alkyl halides is 3. The van der Waals surface area contributed by atoms with Gasteiger partial charge in [-0.1, -0.05) is 54.6 Å². The van der Waals surface area contributed by atoms with Crippen LogP contribution in [0.3, 0.4) is 0 Å². The second kappa shape index (κ2) is 10.3. The standard InChI is InChI=1S/C30H27F3N4O2/c1-20(2)36(29(39)34-23-14-7-6-13-22(23)30(31,32)33)19-27(38)37-25-16-9-8-15-24(25)35-18-10-17-26(35)28(37)21-11-4-3-5-12-21/h3-18,20,28H,19H2,1-2H3,(H,34,39)/t28-/m1/s1. The van der Waals surface area contributed by atoms with Crippen LogP contribution in [0.1, 0.15) is 36.7 Å². The highest BCUT2D eigenvalue weighted by molar-refractivity contribution is 6.01. The highest BCUT2D eigenvalue weighted by Crippen LogP contribution is 2.42. The van der Waals surface area contributed by atoms with E-state index < -0.39 is 29.9 Å². The van der Waals surface area contributed by atoms with Gasteiger partial charge in [-0.3, -0.25) is 9.69 Å². The molecule has 0 radical (unpaired) electrons. The van der Waals surface area contributed by atoms with E-state index in [2.05, 4.69) is 5.32 Å². The molecule has 2 heterocycles. The van der Waals surface area contributed by atoms with E-state index in [1.165, 1.54) is 23.1 Å². The van der Waals surface area contributed by atoms with E-state index in [1.807, 2.05) is 77.5 Å². The predicted octanol–water partition coefficient (Wildman–Crippen LogP) is 6.87. The van der Waals surface area contributed by atoms with E-state index >= 15 is 0 Å². The Hall–Kier alpha value is -4.53. The van der Waals surface area contributed by atoms with Gasteiger partial charge in [0.15, 0.2) is 0 Å². The molecule has 0 spiro atoms. The normalized spacial score (nSPS) is 14.5. The van der Waals surface area contributed by atoms with Crippen molar-refractivity contribution in [2.45, 2.75) is 32.1 Å². The molecule has 3 amide bonds. The van der Waals surface area contributed by atoms with Crippen LogP contribution in [0.5, 0.6) is 0 Å². The van der Waals surface area contributed by atoms with Crippen LogP contribution in [0.2, 0.25) is 0 Å². The maximum atomic E-state index is 14.1. The summed E-state index contributed by atoms with van der Waals surface area (Å²) in [6.07, 6.45) is -2.70. The smallest absolute Gasteiger partial charge is 0.316 e. The summed E-state index contributed by atoms with van der Waals surface area (Å²) >= 11 is 0. The first kappa shape index (κ1) is 26.1. The molecule has 9 heteroatoms. The van der Waals surface area contributed by atoms with Crippen molar-refractivity contribution in [3.63, 3.8) is 0 Å². The minimum atomic E-state index is -4.64. The van der Waals surface area contributed by atoms with Gasteiger partial charge in [0.25, 0.3) is 0 Å². The molecule has 5 rings (SSSR count). The molecule has 3 aromatic carbocycles. The Bertz CT molecular complexity index is 1500. The number of urea groups is 1. The molecule has 39 heavy (non-hydrogen) atoms. The first-order valence-electron chi connectivity index (χ1n) is 12.5. The molecule has 6 nitrogen and oxygen atoms in total. The van der Waals surface area contributed by atoms with Gasteiger partial charge < -0.3 is 14.8 Å². The Morgan fingerprint density at radius 3 is 2.21 bits per heavy atom. The minimum Gasteiger partial charge on any atom is -0.316 e. The second-order valence-corrected chi connectivity index (χ2v) is 9.56. The van der Waals surface area contributed by atoms with Crippen molar-refractivity contribution in [2.75, 3.05) is 16.8 Å². The fourth-order valence-corrected chi connectivity index (χ4v) is 4.95. The van der Waals surface area contributed by atoms with Crippen LogP contribution >= 0.6 is 0 Å². The highest BCUT2D eigenvalue weighted by atomic mass is 19.4.